The van der Waals surface area contributed by atoms with Crippen molar-refractivity contribution in [1.82, 2.24) is 4.72 Å². The Balaban J connectivity index is 2.14. The van der Waals surface area contributed by atoms with Crippen LogP contribution in [0.15, 0.2) is 0 Å². The van der Waals surface area contributed by atoms with Crippen LogP contribution in [0.4, 0.5) is 0 Å². The van der Waals surface area contributed by atoms with Gasteiger partial charge in [0.05, 0.1) is 18.5 Å². The van der Waals surface area contributed by atoms with Crippen LogP contribution < -0.4 is 4.72 Å². The molecule has 1 atom stereocenters. The van der Waals surface area contributed by atoms with Gasteiger partial charge in [-0.1, -0.05) is 0 Å². The predicted molar refractivity (Wildman–Crippen MR) is 57.1 cm³/mol. The summed E-state index contributed by atoms with van der Waals surface area (Å²) in [6, 6.07) is 0. The van der Waals surface area contributed by atoms with E-state index in [2.05, 4.69) is 4.72 Å². The van der Waals surface area contributed by atoms with Crippen molar-refractivity contribution in [3.63, 3.8) is 0 Å². The van der Waals surface area contributed by atoms with Crippen molar-refractivity contribution in [3.8, 4) is 0 Å². The van der Waals surface area contributed by atoms with Crippen LogP contribution >= 0.6 is 0 Å². The fraction of sp³-hybridized carbons (Fsp3) is 1.00. The smallest absolute Gasteiger partial charge is 0.213 e. The lowest BCUT2D eigenvalue weighted by atomic mass is 10.1. The van der Waals surface area contributed by atoms with E-state index < -0.39 is 10.0 Å². The summed E-state index contributed by atoms with van der Waals surface area (Å²) in [5.41, 5.74) is 0. The van der Waals surface area contributed by atoms with E-state index in [1.807, 2.05) is 0 Å². The van der Waals surface area contributed by atoms with Gasteiger partial charge in [0, 0.05) is 13.2 Å². The maximum Gasteiger partial charge on any atom is 0.213 e. The van der Waals surface area contributed by atoms with Crippen LogP contribution in [0.5, 0.6) is 0 Å². The maximum absolute atomic E-state index is 11.2. The number of hydrogen-bond acceptors (Lipinski definition) is 4. The molecule has 1 aliphatic rings. The second kappa shape index (κ2) is 6.42. The quantitative estimate of drug-likeness (QED) is 0.674. The third-order valence-corrected chi connectivity index (χ3v) is 3.79. The van der Waals surface area contributed by atoms with Crippen LogP contribution in [0.2, 0.25) is 0 Å². The van der Waals surface area contributed by atoms with E-state index in [-0.39, 0.29) is 18.5 Å². The Labute approximate surface area is 90.9 Å². The summed E-state index contributed by atoms with van der Waals surface area (Å²) in [6.45, 7) is 0.844. The minimum absolute atomic E-state index is 0.190. The average molecular weight is 237 g/mol. The Hall–Kier alpha value is -0.170. The highest BCUT2D eigenvalue weighted by Gasteiger charge is 2.15. The molecule has 1 rings (SSSR count). The van der Waals surface area contributed by atoms with Crippen molar-refractivity contribution in [1.29, 1.82) is 0 Å². The van der Waals surface area contributed by atoms with Gasteiger partial charge in [0.25, 0.3) is 0 Å². The van der Waals surface area contributed by atoms with E-state index in [9.17, 15) is 8.42 Å². The van der Waals surface area contributed by atoms with Gasteiger partial charge in [-0.3, -0.25) is 0 Å². The lowest BCUT2D eigenvalue weighted by Crippen LogP contribution is -2.31. The highest BCUT2D eigenvalue weighted by Crippen LogP contribution is 2.14. The number of ether oxygens (including phenoxy) is 1. The Kier molecular flexibility index (Phi) is 5.52. The Morgan fingerprint density at radius 1 is 1.40 bits per heavy atom. The van der Waals surface area contributed by atoms with Gasteiger partial charge in [-0.25, -0.2) is 13.1 Å². The molecule has 6 heteroatoms. The van der Waals surface area contributed by atoms with Gasteiger partial charge in [0.2, 0.25) is 10.0 Å². The molecule has 0 saturated carbocycles. The third-order valence-electron chi connectivity index (χ3n) is 2.42. The van der Waals surface area contributed by atoms with Gasteiger partial charge < -0.3 is 9.84 Å². The lowest BCUT2D eigenvalue weighted by Gasteiger charge is -2.22. The van der Waals surface area contributed by atoms with E-state index in [0.717, 1.165) is 25.9 Å². The molecule has 1 unspecified atom stereocenters. The molecule has 0 bridgehead atoms. The molecule has 0 radical (unpaired) electrons. The topological polar surface area (TPSA) is 75.6 Å². The molecule has 5 nitrogen and oxygen atoms in total. The van der Waals surface area contributed by atoms with Crippen molar-refractivity contribution in [3.05, 3.63) is 0 Å². The molecule has 1 saturated heterocycles. The summed E-state index contributed by atoms with van der Waals surface area (Å²) in [5.74, 6) is -0.224. The van der Waals surface area contributed by atoms with E-state index in [1.165, 1.54) is 0 Å². The minimum Gasteiger partial charge on any atom is -0.395 e. The summed E-state index contributed by atoms with van der Waals surface area (Å²) < 4.78 is 30.2. The first-order valence-electron chi connectivity index (χ1n) is 5.34. The summed E-state index contributed by atoms with van der Waals surface area (Å²) in [6.07, 6.45) is 4.18. The van der Waals surface area contributed by atoms with E-state index in [1.54, 1.807) is 0 Å². The van der Waals surface area contributed by atoms with Crippen molar-refractivity contribution in [2.45, 2.75) is 31.8 Å². The summed E-state index contributed by atoms with van der Waals surface area (Å²) in [7, 11) is -3.29. The van der Waals surface area contributed by atoms with E-state index >= 15 is 0 Å². The van der Waals surface area contributed by atoms with Gasteiger partial charge in [0.15, 0.2) is 0 Å². The average Bonchev–Trinajstić information content (AvgIpc) is 2.19. The molecule has 2 N–H and O–H groups in total. The number of aliphatic hydroxyl groups is 1. The first-order chi connectivity index (χ1) is 7.14. The van der Waals surface area contributed by atoms with Gasteiger partial charge in [-0.15, -0.1) is 0 Å². The number of hydrogen-bond donors (Lipinski definition) is 2. The van der Waals surface area contributed by atoms with Crippen molar-refractivity contribution >= 4 is 10.0 Å². The first-order valence-corrected chi connectivity index (χ1v) is 6.99. The largest absolute Gasteiger partial charge is 0.395 e. The molecule has 0 amide bonds. The molecule has 0 aromatic heterocycles. The second-order valence-corrected chi connectivity index (χ2v) is 5.64. The van der Waals surface area contributed by atoms with Crippen LogP contribution in [0.3, 0.4) is 0 Å². The predicted octanol–water partition coefficient (Wildman–Crippen LogP) is -0.143. The maximum atomic E-state index is 11.2. The fourth-order valence-electron chi connectivity index (χ4n) is 1.60. The minimum atomic E-state index is -3.29. The standard InChI is InChI=1S/C9H19NO4S/c11-6-8-15(12,13)10-5-4-9-3-1-2-7-14-9/h9-11H,1-8H2. The number of sulfonamides is 1. The fourth-order valence-corrected chi connectivity index (χ4v) is 2.42. The Bertz CT molecular complexity index is 259. The van der Waals surface area contributed by atoms with E-state index in [0.29, 0.717) is 13.0 Å². The Morgan fingerprint density at radius 2 is 2.20 bits per heavy atom. The molecular formula is C9H19NO4S. The van der Waals surface area contributed by atoms with Crippen molar-refractivity contribution < 1.29 is 18.3 Å². The Morgan fingerprint density at radius 3 is 2.80 bits per heavy atom. The number of aliphatic hydroxyl groups excluding tert-OH is 1. The van der Waals surface area contributed by atoms with Crippen LogP contribution in [0.25, 0.3) is 0 Å². The zero-order valence-electron chi connectivity index (χ0n) is 8.81. The number of rotatable bonds is 6. The summed E-state index contributed by atoms with van der Waals surface area (Å²) >= 11 is 0. The monoisotopic (exact) mass is 237 g/mol. The molecule has 1 fully saturated rings. The summed E-state index contributed by atoms with van der Waals surface area (Å²) in [5, 5.41) is 8.51. The molecule has 0 aromatic carbocycles. The molecule has 90 valence electrons. The first kappa shape index (κ1) is 12.9. The normalized spacial score (nSPS) is 22.9. The molecule has 0 aliphatic carbocycles. The van der Waals surface area contributed by atoms with Crippen LogP contribution in [-0.2, 0) is 14.8 Å². The van der Waals surface area contributed by atoms with Gasteiger partial charge in [-0.2, -0.15) is 0 Å². The van der Waals surface area contributed by atoms with Gasteiger partial charge >= 0.3 is 0 Å². The second-order valence-electron chi connectivity index (χ2n) is 3.71. The molecule has 1 heterocycles. The number of nitrogens with one attached hydrogen (secondary N) is 1. The third kappa shape index (κ3) is 5.46. The molecule has 1 aliphatic heterocycles. The van der Waals surface area contributed by atoms with Gasteiger partial charge in [-0.05, 0) is 25.7 Å². The SMILES string of the molecule is O=S(=O)(CCO)NCCC1CCCCO1. The van der Waals surface area contributed by atoms with Crippen molar-refractivity contribution in [2.24, 2.45) is 0 Å². The van der Waals surface area contributed by atoms with Gasteiger partial charge in [0.1, 0.15) is 0 Å². The van der Waals surface area contributed by atoms with Crippen molar-refractivity contribution in [2.75, 3.05) is 25.5 Å². The zero-order chi connectivity index (χ0) is 11.1. The van der Waals surface area contributed by atoms with Crippen LogP contribution in [0.1, 0.15) is 25.7 Å². The molecule has 0 aromatic rings. The highest BCUT2D eigenvalue weighted by molar-refractivity contribution is 7.89. The molecule has 0 spiro atoms. The molecular weight excluding hydrogens is 218 g/mol. The van der Waals surface area contributed by atoms with Crippen LogP contribution in [-0.4, -0.2) is 45.1 Å². The van der Waals surface area contributed by atoms with E-state index in [4.69, 9.17) is 9.84 Å². The van der Waals surface area contributed by atoms with Crippen LogP contribution in [0, 0.1) is 0 Å². The summed E-state index contributed by atoms with van der Waals surface area (Å²) in [4.78, 5) is 0. The zero-order valence-corrected chi connectivity index (χ0v) is 9.63. The lowest BCUT2D eigenvalue weighted by molar-refractivity contribution is 0.0123. The molecule has 15 heavy (non-hydrogen) atoms. The highest BCUT2D eigenvalue weighted by atomic mass is 32.2.